The summed E-state index contributed by atoms with van der Waals surface area (Å²) < 4.78 is 1.83. The predicted octanol–water partition coefficient (Wildman–Crippen LogP) is 1.79. The van der Waals surface area contributed by atoms with E-state index >= 15 is 0 Å². The molecule has 2 aromatic rings. The quantitative estimate of drug-likeness (QED) is 0.629. The molecule has 2 heterocycles. The molecular weight excluding hydrogens is 278 g/mol. The van der Waals surface area contributed by atoms with Crippen molar-refractivity contribution in [2.24, 2.45) is 0 Å². The van der Waals surface area contributed by atoms with E-state index in [1.54, 1.807) is 25.4 Å². The number of halogens is 1. The number of anilines is 1. The van der Waals surface area contributed by atoms with Crippen LogP contribution in [-0.4, -0.2) is 34.3 Å². The van der Waals surface area contributed by atoms with Crippen LogP contribution in [0.1, 0.15) is 16.8 Å². The number of hydrogen-bond donors (Lipinski definition) is 2. The summed E-state index contributed by atoms with van der Waals surface area (Å²) in [6.07, 6.45) is 4.44. The molecule has 1 amide bonds. The van der Waals surface area contributed by atoms with Gasteiger partial charge in [0.2, 0.25) is 0 Å². The number of aryl methyl sites for hydroxylation is 1. The van der Waals surface area contributed by atoms with E-state index in [2.05, 4.69) is 20.7 Å². The molecule has 0 spiro atoms. The molecule has 0 saturated heterocycles. The van der Waals surface area contributed by atoms with Gasteiger partial charge in [0.05, 0.1) is 0 Å². The third-order valence-electron chi connectivity index (χ3n) is 2.72. The Hall–Kier alpha value is -2.08. The van der Waals surface area contributed by atoms with Crippen molar-refractivity contribution in [3.8, 4) is 0 Å². The van der Waals surface area contributed by atoms with Crippen molar-refractivity contribution in [3.63, 3.8) is 0 Å². The molecular formula is C13H16ClN5O. The topological polar surface area (TPSA) is 71.8 Å². The number of carbonyl (C=O) groups is 1. The highest BCUT2D eigenvalue weighted by atomic mass is 35.5. The van der Waals surface area contributed by atoms with Crippen molar-refractivity contribution in [3.05, 3.63) is 41.3 Å². The van der Waals surface area contributed by atoms with Crippen LogP contribution in [0.2, 0.25) is 5.15 Å². The number of aromatic nitrogens is 3. The molecule has 0 radical (unpaired) electrons. The molecule has 0 fully saturated rings. The number of nitrogens with one attached hydrogen (secondary N) is 2. The van der Waals surface area contributed by atoms with Crippen molar-refractivity contribution in [1.82, 2.24) is 20.1 Å². The van der Waals surface area contributed by atoms with Gasteiger partial charge in [-0.3, -0.25) is 9.48 Å². The molecule has 2 N–H and O–H groups in total. The molecule has 7 heteroatoms. The minimum atomic E-state index is -0.161. The Morgan fingerprint density at radius 3 is 3.00 bits per heavy atom. The summed E-state index contributed by atoms with van der Waals surface area (Å²) in [4.78, 5) is 16.0. The fourth-order valence-corrected chi connectivity index (χ4v) is 1.94. The second-order valence-corrected chi connectivity index (χ2v) is 4.58. The Morgan fingerprint density at radius 1 is 1.45 bits per heavy atom. The van der Waals surface area contributed by atoms with E-state index in [1.807, 2.05) is 16.9 Å². The standard InChI is InChI=1S/C13H16ClN5O/c1-15-12-9-10(8-11(14)18-12)13(20)16-4-2-6-19-7-3-5-17-19/h3,5,7-9H,2,4,6H2,1H3,(H,15,18)(H,16,20). The van der Waals surface area contributed by atoms with E-state index in [1.165, 1.54) is 0 Å². The van der Waals surface area contributed by atoms with Gasteiger partial charge in [0.15, 0.2) is 0 Å². The maximum Gasteiger partial charge on any atom is 0.251 e. The second kappa shape index (κ2) is 6.91. The lowest BCUT2D eigenvalue weighted by molar-refractivity contribution is 0.0952. The highest BCUT2D eigenvalue weighted by molar-refractivity contribution is 6.29. The smallest absolute Gasteiger partial charge is 0.251 e. The highest BCUT2D eigenvalue weighted by Crippen LogP contribution is 2.13. The normalized spacial score (nSPS) is 10.3. The van der Waals surface area contributed by atoms with E-state index in [0.717, 1.165) is 13.0 Å². The average Bonchev–Trinajstić information content (AvgIpc) is 2.95. The van der Waals surface area contributed by atoms with E-state index in [4.69, 9.17) is 11.6 Å². The van der Waals surface area contributed by atoms with Crippen LogP contribution >= 0.6 is 11.6 Å². The molecule has 2 rings (SSSR count). The molecule has 2 aromatic heterocycles. The monoisotopic (exact) mass is 293 g/mol. The molecule has 20 heavy (non-hydrogen) atoms. The van der Waals surface area contributed by atoms with E-state index in [9.17, 15) is 4.79 Å². The third kappa shape index (κ3) is 3.96. The molecule has 0 bridgehead atoms. The Kier molecular flexibility index (Phi) is 4.95. The van der Waals surface area contributed by atoms with Crippen molar-refractivity contribution in [2.75, 3.05) is 18.9 Å². The van der Waals surface area contributed by atoms with E-state index in [-0.39, 0.29) is 5.91 Å². The lowest BCUT2D eigenvalue weighted by atomic mass is 10.2. The van der Waals surface area contributed by atoms with Gasteiger partial charge in [0.1, 0.15) is 11.0 Å². The van der Waals surface area contributed by atoms with Gasteiger partial charge in [-0.05, 0) is 24.6 Å². The summed E-state index contributed by atoms with van der Waals surface area (Å²) in [6.45, 7) is 1.35. The Morgan fingerprint density at radius 2 is 2.30 bits per heavy atom. The van der Waals surface area contributed by atoms with Gasteiger partial charge in [-0.1, -0.05) is 11.6 Å². The van der Waals surface area contributed by atoms with Gasteiger partial charge in [0, 0.05) is 38.1 Å². The maximum absolute atomic E-state index is 12.0. The largest absolute Gasteiger partial charge is 0.373 e. The first-order chi connectivity index (χ1) is 9.69. The van der Waals surface area contributed by atoms with Gasteiger partial charge >= 0.3 is 0 Å². The van der Waals surface area contributed by atoms with Gasteiger partial charge in [0.25, 0.3) is 5.91 Å². The number of amides is 1. The lowest BCUT2D eigenvalue weighted by Crippen LogP contribution is -2.25. The maximum atomic E-state index is 12.0. The molecule has 0 aliphatic heterocycles. The van der Waals surface area contributed by atoms with Gasteiger partial charge < -0.3 is 10.6 Å². The minimum absolute atomic E-state index is 0.161. The number of nitrogens with zero attached hydrogens (tertiary/aromatic N) is 3. The third-order valence-corrected chi connectivity index (χ3v) is 2.91. The van der Waals surface area contributed by atoms with Crippen LogP contribution in [0.4, 0.5) is 5.82 Å². The van der Waals surface area contributed by atoms with Crippen LogP contribution in [0.3, 0.4) is 0 Å². The van der Waals surface area contributed by atoms with Gasteiger partial charge in [-0.25, -0.2) is 4.98 Å². The van der Waals surface area contributed by atoms with Gasteiger partial charge in [-0.2, -0.15) is 5.10 Å². The molecule has 0 aliphatic rings. The van der Waals surface area contributed by atoms with Crippen molar-refractivity contribution >= 4 is 23.3 Å². The minimum Gasteiger partial charge on any atom is -0.373 e. The Bertz CT molecular complexity index is 570. The Labute approximate surface area is 122 Å². The SMILES string of the molecule is CNc1cc(C(=O)NCCCn2cccn2)cc(Cl)n1. The summed E-state index contributed by atoms with van der Waals surface area (Å²) in [5.74, 6) is 0.408. The molecule has 0 aromatic carbocycles. The zero-order valence-corrected chi connectivity index (χ0v) is 11.9. The molecule has 6 nitrogen and oxygen atoms in total. The molecule has 106 valence electrons. The Balaban J connectivity index is 1.83. The number of carbonyl (C=O) groups excluding carboxylic acids is 1. The first-order valence-corrected chi connectivity index (χ1v) is 6.68. The van der Waals surface area contributed by atoms with E-state index < -0.39 is 0 Å². The van der Waals surface area contributed by atoms with Crippen molar-refractivity contribution in [1.29, 1.82) is 0 Å². The fourth-order valence-electron chi connectivity index (χ4n) is 1.73. The van der Waals surface area contributed by atoms with Gasteiger partial charge in [-0.15, -0.1) is 0 Å². The zero-order valence-electron chi connectivity index (χ0n) is 11.1. The van der Waals surface area contributed by atoms with E-state index in [0.29, 0.717) is 23.1 Å². The van der Waals surface area contributed by atoms with Crippen molar-refractivity contribution in [2.45, 2.75) is 13.0 Å². The molecule has 0 atom stereocenters. The number of hydrogen-bond acceptors (Lipinski definition) is 4. The fraction of sp³-hybridized carbons (Fsp3) is 0.308. The summed E-state index contributed by atoms with van der Waals surface area (Å²) >= 11 is 5.86. The van der Waals surface area contributed by atoms with Crippen molar-refractivity contribution < 1.29 is 4.79 Å². The number of pyridine rings is 1. The first kappa shape index (κ1) is 14.3. The lowest BCUT2D eigenvalue weighted by Gasteiger charge is -2.07. The molecule has 0 aliphatic carbocycles. The van der Waals surface area contributed by atoms with Crippen LogP contribution in [0.25, 0.3) is 0 Å². The predicted molar refractivity (Wildman–Crippen MR) is 78.0 cm³/mol. The average molecular weight is 294 g/mol. The van der Waals surface area contributed by atoms with Crippen LogP contribution < -0.4 is 10.6 Å². The summed E-state index contributed by atoms with van der Waals surface area (Å²) in [7, 11) is 1.73. The van der Waals surface area contributed by atoms with Crippen LogP contribution in [0, 0.1) is 0 Å². The van der Waals surface area contributed by atoms with Crippen LogP contribution in [0.15, 0.2) is 30.6 Å². The molecule has 0 unspecified atom stereocenters. The molecule has 0 saturated carbocycles. The van der Waals surface area contributed by atoms with Crippen LogP contribution in [-0.2, 0) is 6.54 Å². The second-order valence-electron chi connectivity index (χ2n) is 4.19. The highest BCUT2D eigenvalue weighted by Gasteiger charge is 2.08. The summed E-state index contributed by atoms with van der Waals surface area (Å²) in [6, 6.07) is 5.08. The first-order valence-electron chi connectivity index (χ1n) is 6.30. The zero-order chi connectivity index (χ0) is 14.4. The van der Waals surface area contributed by atoms with Crippen LogP contribution in [0.5, 0.6) is 0 Å². The summed E-state index contributed by atoms with van der Waals surface area (Å²) in [5.41, 5.74) is 0.494. The number of rotatable bonds is 6. The summed E-state index contributed by atoms with van der Waals surface area (Å²) in [5, 5.41) is 10.1.